The third-order valence-electron chi connectivity index (χ3n) is 3.00. The molecule has 0 aromatic heterocycles. The van der Waals surface area contributed by atoms with E-state index in [0.29, 0.717) is 18.0 Å². The molecule has 0 radical (unpaired) electrons. The molecule has 0 aromatic carbocycles. The lowest BCUT2D eigenvalue weighted by Crippen LogP contribution is -2.33. The monoisotopic (exact) mass is 211 g/mol. The van der Waals surface area contributed by atoms with Crippen molar-refractivity contribution in [3.63, 3.8) is 0 Å². The van der Waals surface area contributed by atoms with E-state index in [1.165, 1.54) is 26.2 Å². The van der Waals surface area contributed by atoms with E-state index in [9.17, 15) is 9.59 Å². The van der Waals surface area contributed by atoms with Gasteiger partial charge in [0.15, 0.2) is 0 Å². The zero-order valence-electron chi connectivity index (χ0n) is 9.17. The maximum absolute atomic E-state index is 11.5. The standard InChI is InChI=1S/C11H17NO3/c1-7(8(2)11(14)15)10(13)12-6-9-4-3-5-9/h9H,3-6H2,1-2H3,(H,12,13)(H,14,15). The normalized spacial score (nSPS) is 17.7. The first-order valence-electron chi connectivity index (χ1n) is 5.21. The smallest absolute Gasteiger partial charge is 0.331 e. The maximum atomic E-state index is 11.5. The number of hydrogen-bond acceptors (Lipinski definition) is 2. The van der Waals surface area contributed by atoms with Gasteiger partial charge in [-0.2, -0.15) is 0 Å². The molecule has 1 saturated carbocycles. The number of carboxylic acids is 1. The summed E-state index contributed by atoms with van der Waals surface area (Å²) in [5.74, 6) is -0.708. The zero-order valence-corrected chi connectivity index (χ0v) is 9.17. The molecule has 0 heterocycles. The molecule has 0 saturated heterocycles. The Morgan fingerprint density at radius 2 is 1.87 bits per heavy atom. The molecule has 1 aliphatic rings. The molecule has 1 aliphatic carbocycles. The van der Waals surface area contributed by atoms with Crippen molar-refractivity contribution in [1.82, 2.24) is 5.32 Å². The molecule has 0 bridgehead atoms. The van der Waals surface area contributed by atoms with Gasteiger partial charge in [0.25, 0.3) is 0 Å². The highest BCUT2D eigenvalue weighted by atomic mass is 16.4. The predicted octanol–water partition coefficient (Wildman–Crippen LogP) is 1.32. The summed E-state index contributed by atoms with van der Waals surface area (Å²) in [5, 5.41) is 11.5. The predicted molar refractivity (Wildman–Crippen MR) is 56.4 cm³/mol. The molecule has 4 heteroatoms. The molecule has 2 N–H and O–H groups in total. The number of nitrogens with one attached hydrogen (secondary N) is 1. The third kappa shape index (κ3) is 3.08. The van der Waals surface area contributed by atoms with Crippen LogP contribution < -0.4 is 5.32 Å². The SMILES string of the molecule is CC(C(=O)O)=C(C)C(=O)NCC1CCC1. The fourth-order valence-corrected chi connectivity index (χ4v) is 1.40. The number of aliphatic carboxylic acids is 1. The Kier molecular flexibility index (Phi) is 3.88. The van der Waals surface area contributed by atoms with Crippen molar-refractivity contribution < 1.29 is 14.7 Å². The number of carboxylic acid groups (broad SMARTS) is 1. The van der Waals surface area contributed by atoms with Crippen LogP contribution in [0.4, 0.5) is 0 Å². The van der Waals surface area contributed by atoms with Gasteiger partial charge >= 0.3 is 5.97 Å². The van der Waals surface area contributed by atoms with Gasteiger partial charge in [0, 0.05) is 17.7 Å². The lowest BCUT2D eigenvalue weighted by atomic mass is 9.85. The molecule has 0 unspecified atom stereocenters. The average molecular weight is 211 g/mol. The highest BCUT2D eigenvalue weighted by Crippen LogP contribution is 2.25. The van der Waals surface area contributed by atoms with Gasteiger partial charge in [0.05, 0.1) is 0 Å². The Hall–Kier alpha value is -1.32. The molecule has 1 fully saturated rings. The second-order valence-electron chi connectivity index (χ2n) is 4.06. The minimum atomic E-state index is -1.04. The number of rotatable bonds is 4. The summed E-state index contributed by atoms with van der Waals surface area (Å²) in [6.07, 6.45) is 3.57. The second-order valence-corrected chi connectivity index (χ2v) is 4.06. The minimum Gasteiger partial charge on any atom is -0.478 e. The van der Waals surface area contributed by atoms with Gasteiger partial charge in [-0.05, 0) is 32.6 Å². The van der Waals surface area contributed by atoms with Crippen molar-refractivity contribution in [3.8, 4) is 0 Å². The number of carbonyl (C=O) groups excluding carboxylic acids is 1. The van der Waals surface area contributed by atoms with E-state index in [-0.39, 0.29) is 11.5 Å². The van der Waals surface area contributed by atoms with Crippen molar-refractivity contribution in [2.45, 2.75) is 33.1 Å². The van der Waals surface area contributed by atoms with Gasteiger partial charge in [0.2, 0.25) is 5.91 Å². The molecule has 1 rings (SSSR count). The van der Waals surface area contributed by atoms with Crippen molar-refractivity contribution >= 4 is 11.9 Å². The van der Waals surface area contributed by atoms with E-state index >= 15 is 0 Å². The van der Waals surface area contributed by atoms with Crippen LogP contribution in [0.2, 0.25) is 0 Å². The van der Waals surface area contributed by atoms with Gasteiger partial charge < -0.3 is 10.4 Å². The van der Waals surface area contributed by atoms with Crippen LogP contribution >= 0.6 is 0 Å². The van der Waals surface area contributed by atoms with Crippen molar-refractivity contribution in [3.05, 3.63) is 11.1 Å². The molecule has 1 amide bonds. The van der Waals surface area contributed by atoms with Gasteiger partial charge in [-0.15, -0.1) is 0 Å². The Balaban J connectivity index is 2.44. The molecule has 0 spiro atoms. The first kappa shape index (κ1) is 11.8. The number of carbonyl (C=O) groups is 2. The zero-order chi connectivity index (χ0) is 11.4. The Morgan fingerprint density at radius 3 is 2.27 bits per heavy atom. The fourth-order valence-electron chi connectivity index (χ4n) is 1.40. The van der Waals surface area contributed by atoms with Crippen LogP contribution in [0.15, 0.2) is 11.1 Å². The van der Waals surface area contributed by atoms with E-state index < -0.39 is 5.97 Å². The lowest BCUT2D eigenvalue weighted by Gasteiger charge is -2.25. The summed E-state index contributed by atoms with van der Waals surface area (Å²) in [6.45, 7) is 3.66. The van der Waals surface area contributed by atoms with Crippen LogP contribution in [0, 0.1) is 5.92 Å². The first-order valence-corrected chi connectivity index (χ1v) is 5.21. The fraction of sp³-hybridized carbons (Fsp3) is 0.636. The van der Waals surface area contributed by atoms with E-state index in [1.807, 2.05) is 0 Å². The summed E-state index contributed by atoms with van der Waals surface area (Å²) < 4.78 is 0. The van der Waals surface area contributed by atoms with Crippen molar-refractivity contribution in [1.29, 1.82) is 0 Å². The molecular formula is C11H17NO3. The number of hydrogen-bond donors (Lipinski definition) is 2. The third-order valence-corrected chi connectivity index (χ3v) is 3.00. The van der Waals surface area contributed by atoms with Gasteiger partial charge in [-0.25, -0.2) is 4.79 Å². The van der Waals surface area contributed by atoms with Crippen molar-refractivity contribution in [2.75, 3.05) is 6.54 Å². The summed E-state index contributed by atoms with van der Waals surface area (Å²) in [7, 11) is 0. The number of amides is 1. The van der Waals surface area contributed by atoms with Crippen LogP contribution in [-0.4, -0.2) is 23.5 Å². The van der Waals surface area contributed by atoms with E-state index in [1.54, 1.807) is 6.92 Å². The highest BCUT2D eigenvalue weighted by Gasteiger charge is 2.19. The largest absolute Gasteiger partial charge is 0.478 e. The van der Waals surface area contributed by atoms with Gasteiger partial charge in [-0.1, -0.05) is 6.42 Å². The second kappa shape index (κ2) is 4.96. The summed E-state index contributed by atoms with van der Waals surface area (Å²) >= 11 is 0. The van der Waals surface area contributed by atoms with E-state index in [4.69, 9.17) is 5.11 Å². The molecular weight excluding hydrogens is 194 g/mol. The molecule has 0 aliphatic heterocycles. The average Bonchev–Trinajstić information content (AvgIpc) is 2.12. The van der Waals surface area contributed by atoms with Crippen molar-refractivity contribution in [2.24, 2.45) is 5.92 Å². The van der Waals surface area contributed by atoms with Crippen LogP contribution in [0.3, 0.4) is 0 Å². The summed E-state index contributed by atoms with van der Waals surface area (Å²) in [4.78, 5) is 22.1. The lowest BCUT2D eigenvalue weighted by molar-refractivity contribution is -0.133. The molecule has 84 valence electrons. The van der Waals surface area contributed by atoms with Crippen LogP contribution in [0.25, 0.3) is 0 Å². The van der Waals surface area contributed by atoms with Gasteiger partial charge in [-0.3, -0.25) is 4.79 Å². The Labute approximate surface area is 89.4 Å². The summed E-state index contributed by atoms with van der Waals surface area (Å²) in [6, 6.07) is 0. The minimum absolute atomic E-state index is 0.112. The molecule has 15 heavy (non-hydrogen) atoms. The van der Waals surface area contributed by atoms with Crippen LogP contribution in [-0.2, 0) is 9.59 Å². The summed E-state index contributed by atoms with van der Waals surface area (Å²) in [5.41, 5.74) is 0.405. The van der Waals surface area contributed by atoms with Crippen LogP contribution in [0.5, 0.6) is 0 Å². The Morgan fingerprint density at radius 1 is 1.27 bits per heavy atom. The Bertz CT molecular complexity index is 303. The quantitative estimate of drug-likeness (QED) is 0.689. The maximum Gasteiger partial charge on any atom is 0.331 e. The first-order chi connectivity index (χ1) is 7.02. The van der Waals surface area contributed by atoms with E-state index in [0.717, 1.165) is 0 Å². The topological polar surface area (TPSA) is 66.4 Å². The van der Waals surface area contributed by atoms with E-state index in [2.05, 4.69) is 5.32 Å². The molecule has 0 aromatic rings. The van der Waals surface area contributed by atoms with Gasteiger partial charge in [0.1, 0.15) is 0 Å². The van der Waals surface area contributed by atoms with Crippen LogP contribution in [0.1, 0.15) is 33.1 Å². The highest BCUT2D eigenvalue weighted by molar-refractivity contribution is 6.01. The molecule has 4 nitrogen and oxygen atoms in total. The molecule has 0 atom stereocenters.